The maximum atomic E-state index is 13.4. The van der Waals surface area contributed by atoms with Crippen LogP contribution in [0.1, 0.15) is 44.0 Å². The SMILES string of the molecule is Cc1[nH]c(C=C2C(=O)Nc3ccc(NC(=O)C(C#N)=Cc4ccccc4C(F)(F)F)cc32)c(C)c1C(=O)NCCN(C)C. The number of halogens is 3. The van der Waals surface area contributed by atoms with Gasteiger partial charge in [0.2, 0.25) is 0 Å². The van der Waals surface area contributed by atoms with Gasteiger partial charge >= 0.3 is 6.18 Å². The highest BCUT2D eigenvalue weighted by atomic mass is 19.4. The average molecular weight is 591 g/mol. The third-order valence-corrected chi connectivity index (χ3v) is 6.83. The number of rotatable bonds is 8. The molecule has 3 aromatic rings. The number of H-pyrrole nitrogens is 1. The number of nitrogens with one attached hydrogen (secondary N) is 4. The number of carbonyl (C=O) groups excluding carboxylic acids is 3. The van der Waals surface area contributed by atoms with Crippen LogP contribution in [0.15, 0.2) is 48.0 Å². The number of alkyl halides is 3. The maximum absolute atomic E-state index is 13.4. The maximum Gasteiger partial charge on any atom is 0.416 e. The number of nitriles is 1. The fourth-order valence-corrected chi connectivity index (χ4v) is 4.68. The van der Waals surface area contributed by atoms with Gasteiger partial charge in [0, 0.05) is 41.4 Å². The van der Waals surface area contributed by atoms with E-state index < -0.39 is 29.1 Å². The van der Waals surface area contributed by atoms with Gasteiger partial charge < -0.3 is 25.8 Å². The molecule has 0 atom stereocenters. The quantitative estimate of drug-likeness (QED) is 0.217. The van der Waals surface area contributed by atoms with Crippen LogP contribution in [0.25, 0.3) is 17.7 Å². The molecule has 0 saturated carbocycles. The lowest BCUT2D eigenvalue weighted by Gasteiger charge is -2.11. The second kappa shape index (κ2) is 12.4. The van der Waals surface area contributed by atoms with E-state index in [9.17, 15) is 32.8 Å². The molecular weight excluding hydrogens is 561 g/mol. The molecule has 1 aromatic heterocycles. The molecule has 0 unspecified atom stereocenters. The second-order valence-electron chi connectivity index (χ2n) is 10.2. The predicted octanol–water partition coefficient (Wildman–Crippen LogP) is 4.98. The van der Waals surface area contributed by atoms with Crippen LogP contribution >= 0.6 is 0 Å². The van der Waals surface area contributed by atoms with E-state index in [4.69, 9.17) is 0 Å². The molecule has 0 saturated heterocycles. The van der Waals surface area contributed by atoms with E-state index in [0.717, 1.165) is 12.1 Å². The van der Waals surface area contributed by atoms with Gasteiger partial charge in [0.15, 0.2) is 0 Å². The summed E-state index contributed by atoms with van der Waals surface area (Å²) in [5.74, 6) is -1.55. The molecule has 0 spiro atoms. The van der Waals surface area contributed by atoms with Crippen molar-refractivity contribution >= 4 is 46.8 Å². The van der Waals surface area contributed by atoms with E-state index in [1.54, 1.807) is 32.1 Å². The van der Waals surface area contributed by atoms with Gasteiger partial charge in [-0.25, -0.2) is 0 Å². The molecule has 4 N–H and O–H groups in total. The van der Waals surface area contributed by atoms with Crippen molar-refractivity contribution in [1.29, 1.82) is 5.26 Å². The van der Waals surface area contributed by atoms with E-state index in [2.05, 4.69) is 20.9 Å². The Labute approximate surface area is 246 Å². The number of anilines is 2. The Morgan fingerprint density at radius 3 is 2.51 bits per heavy atom. The minimum atomic E-state index is -4.67. The topological polar surface area (TPSA) is 130 Å². The van der Waals surface area contributed by atoms with Crippen molar-refractivity contribution in [2.45, 2.75) is 20.0 Å². The van der Waals surface area contributed by atoms with Crippen molar-refractivity contribution in [2.24, 2.45) is 0 Å². The number of hydrogen-bond acceptors (Lipinski definition) is 5. The number of carbonyl (C=O) groups is 3. The van der Waals surface area contributed by atoms with Crippen LogP contribution in [-0.4, -0.2) is 54.8 Å². The van der Waals surface area contributed by atoms with Crippen LogP contribution in [0, 0.1) is 25.2 Å². The summed E-state index contributed by atoms with van der Waals surface area (Å²) < 4.78 is 40.2. The second-order valence-corrected chi connectivity index (χ2v) is 10.2. The van der Waals surface area contributed by atoms with Crippen LogP contribution in [0.2, 0.25) is 0 Å². The van der Waals surface area contributed by atoms with Crippen molar-refractivity contribution in [2.75, 3.05) is 37.8 Å². The van der Waals surface area contributed by atoms with Gasteiger partial charge in [-0.3, -0.25) is 14.4 Å². The summed E-state index contributed by atoms with van der Waals surface area (Å²) >= 11 is 0. The minimum absolute atomic E-state index is 0.219. The van der Waals surface area contributed by atoms with Gasteiger partial charge in [0.25, 0.3) is 17.7 Å². The summed E-state index contributed by atoms with van der Waals surface area (Å²) in [6.07, 6.45) is -2.17. The Bertz CT molecular complexity index is 1710. The van der Waals surface area contributed by atoms with Crippen LogP contribution in [0.4, 0.5) is 24.5 Å². The Hall–Kier alpha value is -5.15. The first-order valence-electron chi connectivity index (χ1n) is 13.2. The van der Waals surface area contributed by atoms with Crippen molar-refractivity contribution in [1.82, 2.24) is 15.2 Å². The Balaban J connectivity index is 1.61. The predicted molar refractivity (Wildman–Crippen MR) is 158 cm³/mol. The smallest absolute Gasteiger partial charge is 0.358 e. The lowest BCUT2D eigenvalue weighted by atomic mass is 10.0. The van der Waals surface area contributed by atoms with Crippen molar-refractivity contribution in [3.63, 3.8) is 0 Å². The number of aromatic nitrogens is 1. The van der Waals surface area contributed by atoms with Gasteiger partial charge in [-0.15, -0.1) is 0 Å². The molecule has 0 radical (unpaired) electrons. The summed E-state index contributed by atoms with van der Waals surface area (Å²) in [7, 11) is 3.81. The Morgan fingerprint density at radius 2 is 1.84 bits per heavy atom. The summed E-state index contributed by atoms with van der Waals surface area (Å²) in [6.45, 7) is 4.68. The average Bonchev–Trinajstić information content (AvgIpc) is 3.40. The number of aryl methyl sites for hydroxylation is 1. The molecule has 1 aliphatic heterocycles. The highest BCUT2D eigenvalue weighted by molar-refractivity contribution is 6.35. The highest BCUT2D eigenvalue weighted by Crippen LogP contribution is 2.36. The summed E-state index contributed by atoms with van der Waals surface area (Å²) in [5, 5.41) is 17.7. The first-order chi connectivity index (χ1) is 20.3. The number of hydrogen-bond donors (Lipinski definition) is 4. The zero-order valence-electron chi connectivity index (χ0n) is 23.9. The monoisotopic (exact) mass is 590 g/mol. The Kier molecular flexibility index (Phi) is 8.87. The molecule has 43 heavy (non-hydrogen) atoms. The Morgan fingerprint density at radius 1 is 1.12 bits per heavy atom. The van der Waals surface area contributed by atoms with Crippen molar-refractivity contribution in [3.8, 4) is 6.07 Å². The van der Waals surface area contributed by atoms with Gasteiger partial charge in [-0.1, -0.05) is 18.2 Å². The van der Waals surface area contributed by atoms with Gasteiger partial charge in [0.05, 0.1) is 16.7 Å². The van der Waals surface area contributed by atoms with Crippen LogP contribution in [0.5, 0.6) is 0 Å². The first-order valence-corrected chi connectivity index (χ1v) is 13.2. The van der Waals surface area contributed by atoms with Crippen LogP contribution in [-0.2, 0) is 15.8 Å². The molecule has 222 valence electrons. The van der Waals surface area contributed by atoms with Crippen molar-refractivity contribution < 1.29 is 27.6 Å². The van der Waals surface area contributed by atoms with Crippen LogP contribution in [0.3, 0.4) is 0 Å². The highest BCUT2D eigenvalue weighted by Gasteiger charge is 2.33. The normalized spacial score (nSPS) is 14.0. The van der Waals surface area contributed by atoms with Crippen LogP contribution < -0.4 is 16.0 Å². The zero-order valence-corrected chi connectivity index (χ0v) is 23.9. The molecule has 3 amide bonds. The molecule has 4 rings (SSSR count). The van der Waals surface area contributed by atoms with Crippen molar-refractivity contribution in [3.05, 3.63) is 87.2 Å². The molecule has 0 aliphatic carbocycles. The molecule has 2 heterocycles. The molecule has 0 fully saturated rings. The summed E-state index contributed by atoms with van der Waals surface area (Å²) in [6, 6.07) is 10.9. The lowest BCUT2D eigenvalue weighted by Crippen LogP contribution is -2.31. The van der Waals surface area contributed by atoms with E-state index in [1.807, 2.05) is 19.0 Å². The van der Waals surface area contributed by atoms with E-state index >= 15 is 0 Å². The third-order valence-electron chi connectivity index (χ3n) is 6.83. The molecule has 12 heteroatoms. The van der Waals surface area contributed by atoms with E-state index in [-0.39, 0.29) is 22.7 Å². The zero-order chi connectivity index (χ0) is 31.5. The molecule has 9 nitrogen and oxygen atoms in total. The fraction of sp³-hybridized carbons (Fsp3) is 0.226. The molecule has 0 bridgehead atoms. The third kappa shape index (κ3) is 6.85. The molecular formula is C31H29F3N6O3. The number of aromatic amines is 1. The number of amides is 3. The summed E-state index contributed by atoms with van der Waals surface area (Å²) in [5.41, 5.74) is 1.92. The van der Waals surface area contributed by atoms with Gasteiger partial charge in [0.1, 0.15) is 11.6 Å². The van der Waals surface area contributed by atoms with E-state index in [1.165, 1.54) is 30.3 Å². The molecule has 1 aliphatic rings. The minimum Gasteiger partial charge on any atom is -0.358 e. The number of likely N-dealkylation sites (N-methyl/N-ethyl adjacent to an activating group) is 1. The number of benzene rings is 2. The van der Waals surface area contributed by atoms with Gasteiger partial charge in [-0.05, 0) is 75.5 Å². The van der Waals surface area contributed by atoms with E-state index in [0.29, 0.717) is 46.9 Å². The number of fused-ring (bicyclic) bond motifs is 1. The molecule has 2 aromatic carbocycles. The fourth-order valence-electron chi connectivity index (χ4n) is 4.68. The standard InChI is InChI=1S/C31H29F3N6O3/c1-17-26(37-18(2)27(17)30(43)36-11-12-40(3)4)15-23-22-14-21(9-10-25(22)39-29(23)42)38-28(41)20(16-35)13-19-7-5-6-8-24(19)31(32,33)34/h5-10,13-15,37H,11-12H2,1-4H3,(H,36,43)(H,38,41)(H,39,42). The number of nitrogens with zero attached hydrogens (tertiary/aromatic N) is 2. The first kappa shape index (κ1) is 30.8. The summed E-state index contributed by atoms with van der Waals surface area (Å²) in [4.78, 5) is 43.7. The largest absolute Gasteiger partial charge is 0.416 e. The lowest BCUT2D eigenvalue weighted by molar-refractivity contribution is -0.137. The van der Waals surface area contributed by atoms with Gasteiger partial charge in [-0.2, -0.15) is 18.4 Å².